The quantitative estimate of drug-likeness (QED) is 0.780. The molecule has 0 saturated heterocycles. The average molecular weight is 389 g/mol. The first kappa shape index (κ1) is 18.4. The highest BCUT2D eigenvalue weighted by Crippen LogP contribution is 2.29. The number of hydrogen-bond acceptors (Lipinski definition) is 3. The highest BCUT2D eigenvalue weighted by atomic mass is 35.5. The fourth-order valence-corrected chi connectivity index (χ4v) is 2.65. The second-order valence-electron chi connectivity index (χ2n) is 4.86. The van der Waals surface area contributed by atoms with Gasteiger partial charge in [0.05, 0.1) is 21.3 Å². The number of halogens is 3. The predicted molar refractivity (Wildman–Crippen MR) is 93.7 cm³/mol. The van der Waals surface area contributed by atoms with Crippen LogP contribution in [0.1, 0.15) is 15.9 Å². The number of hydrogen-bond donors (Lipinski definition) is 2. The Morgan fingerprint density at radius 2 is 1.83 bits per heavy atom. The van der Waals surface area contributed by atoms with Crippen molar-refractivity contribution in [3.05, 3.63) is 56.5 Å². The summed E-state index contributed by atoms with van der Waals surface area (Å²) in [5, 5.41) is 12.2. The summed E-state index contributed by atoms with van der Waals surface area (Å²) < 4.78 is 5.41. The molecule has 0 aliphatic rings. The molecule has 5 nitrogen and oxygen atoms in total. The number of carbonyl (C=O) groups is 2. The molecular weight excluding hydrogens is 377 g/mol. The lowest BCUT2D eigenvalue weighted by molar-refractivity contribution is -0.118. The Bertz CT molecular complexity index is 808. The third-order valence-electron chi connectivity index (χ3n) is 3.06. The van der Waals surface area contributed by atoms with Gasteiger partial charge < -0.3 is 15.2 Å². The van der Waals surface area contributed by atoms with Crippen LogP contribution in [0.25, 0.3) is 0 Å². The van der Waals surface area contributed by atoms with Crippen LogP contribution < -0.4 is 10.1 Å². The fraction of sp³-hybridized carbons (Fsp3) is 0.125. The zero-order valence-corrected chi connectivity index (χ0v) is 14.7. The first-order valence-electron chi connectivity index (χ1n) is 6.69. The number of carbonyl (C=O) groups excluding carboxylic acids is 1. The van der Waals surface area contributed by atoms with Crippen molar-refractivity contribution >= 4 is 52.4 Å². The third-order valence-corrected chi connectivity index (χ3v) is 3.92. The number of carboxylic acid groups (broad SMARTS) is 1. The molecule has 2 rings (SSSR count). The van der Waals surface area contributed by atoms with Gasteiger partial charge in [0, 0.05) is 5.02 Å². The van der Waals surface area contributed by atoms with E-state index in [2.05, 4.69) is 5.32 Å². The molecule has 0 bridgehead atoms. The first-order chi connectivity index (χ1) is 11.3. The zero-order valence-electron chi connectivity index (χ0n) is 12.4. The third kappa shape index (κ3) is 4.54. The van der Waals surface area contributed by atoms with Crippen LogP contribution in [-0.4, -0.2) is 23.6 Å². The Balaban J connectivity index is 2.07. The Labute approximate surface area is 153 Å². The van der Waals surface area contributed by atoms with Gasteiger partial charge in [-0.3, -0.25) is 4.79 Å². The molecule has 1 amide bonds. The van der Waals surface area contributed by atoms with Gasteiger partial charge in [-0.15, -0.1) is 0 Å². The molecule has 0 saturated carbocycles. The van der Waals surface area contributed by atoms with E-state index >= 15 is 0 Å². The molecule has 8 heteroatoms. The number of amides is 1. The molecule has 24 heavy (non-hydrogen) atoms. The molecule has 0 aromatic heterocycles. The van der Waals surface area contributed by atoms with Crippen LogP contribution in [0.15, 0.2) is 30.3 Å². The molecule has 0 atom stereocenters. The molecule has 2 aromatic carbocycles. The van der Waals surface area contributed by atoms with Crippen LogP contribution in [0.3, 0.4) is 0 Å². The van der Waals surface area contributed by atoms with Gasteiger partial charge in [0.25, 0.3) is 5.91 Å². The van der Waals surface area contributed by atoms with Crippen molar-refractivity contribution in [2.45, 2.75) is 6.92 Å². The maximum atomic E-state index is 12.0. The van der Waals surface area contributed by atoms with E-state index in [0.717, 1.165) is 5.56 Å². The van der Waals surface area contributed by atoms with Crippen LogP contribution >= 0.6 is 34.8 Å². The zero-order chi connectivity index (χ0) is 17.9. The topological polar surface area (TPSA) is 75.6 Å². The normalized spacial score (nSPS) is 10.3. The van der Waals surface area contributed by atoms with Crippen molar-refractivity contribution in [3.63, 3.8) is 0 Å². The van der Waals surface area contributed by atoms with Gasteiger partial charge in [-0.1, -0.05) is 34.8 Å². The molecule has 0 heterocycles. The Morgan fingerprint density at radius 1 is 1.12 bits per heavy atom. The summed E-state index contributed by atoms with van der Waals surface area (Å²) in [6.45, 7) is 1.53. The van der Waals surface area contributed by atoms with Crippen LogP contribution in [-0.2, 0) is 4.79 Å². The van der Waals surface area contributed by atoms with E-state index in [-0.39, 0.29) is 27.9 Å². The molecule has 0 spiro atoms. The van der Waals surface area contributed by atoms with Gasteiger partial charge in [-0.2, -0.15) is 0 Å². The monoisotopic (exact) mass is 387 g/mol. The Hall–Kier alpha value is -1.95. The standard InChI is InChI=1S/C16H12Cl3NO4/c1-8-4-9(17)2-3-14(8)24-7-15(21)20-13-5-10(16(22)23)11(18)6-12(13)19/h2-6H,7H2,1H3,(H,20,21)(H,22,23). The lowest BCUT2D eigenvalue weighted by Gasteiger charge is -2.11. The van der Waals surface area contributed by atoms with E-state index < -0.39 is 11.9 Å². The number of anilines is 1. The van der Waals surface area contributed by atoms with E-state index in [0.29, 0.717) is 10.8 Å². The minimum atomic E-state index is -1.22. The van der Waals surface area contributed by atoms with Crippen LogP contribution in [0.4, 0.5) is 5.69 Å². The number of nitrogens with one attached hydrogen (secondary N) is 1. The maximum absolute atomic E-state index is 12.0. The first-order valence-corrected chi connectivity index (χ1v) is 7.82. The van der Waals surface area contributed by atoms with Crippen molar-refractivity contribution in [1.29, 1.82) is 0 Å². The molecule has 2 N–H and O–H groups in total. The van der Waals surface area contributed by atoms with Crippen LogP contribution in [0.5, 0.6) is 5.75 Å². The number of rotatable bonds is 5. The molecule has 0 aliphatic carbocycles. The van der Waals surface area contributed by atoms with Gasteiger partial charge in [0.15, 0.2) is 6.61 Å². The summed E-state index contributed by atoms with van der Waals surface area (Å²) in [6, 6.07) is 7.47. The molecule has 0 unspecified atom stereocenters. The van der Waals surface area contributed by atoms with Crippen molar-refractivity contribution < 1.29 is 19.4 Å². The summed E-state index contributed by atoms with van der Waals surface area (Å²) in [5.41, 5.74) is 0.763. The van der Waals surface area contributed by atoms with E-state index in [4.69, 9.17) is 44.6 Å². The average Bonchev–Trinajstić information content (AvgIpc) is 2.48. The Kier molecular flexibility index (Phi) is 5.94. The van der Waals surface area contributed by atoms with E-state index in [1.165, 1.54) is 12.1 Å². The molecule has 0 radical (unpaired) electrons. The van der Waals surface area contributed by atoms with Crippen LogP contribution in [0.2, 0.25) is 15.1 Å². The molecule has 126 valence electrons. The number of carboxylic acids is 1. The lowest BCUT2D eigenvalue weighted by atomic mass is 10.2. The smallest absolute Gasteiger partial charge is 0.337 e. The van der Waals surface area contributed by atoms with Gasteiger partial charge in [0.2, 0.25) is 0 Å². The van der Waals surface area contributed by atoms with Crippen molar-refractivity contribution in [2.75, 3.05) is 11.9 Å². The van der Waals surface area contributed by atoms with E-state index in [1.54, 1.807) is 25.1 Å². The highest BCUT2D eigenvalue weighted by Gasteiger charge is 2.15. The Morgan fingerprint density at radius 3 is 2.46 bits per heavy atom. The van der Waals surface area contributed by atoms with Gasteiger partial charge in [0.1, 0.15) is 5.75 Å². The summed E-state index contributed by atoms with van der Waals surface area (Å²) >= 11 is 17.6. The summed E-state index contributed by atoms with van der Waals surface area (Å²) in [7, 11) is 0. The molecule has 2 aromatic rings. The predicted octanol–water partition coefficient (Wildman–Crippen LogP) is 4.67. The minimum absolute atomic E-state index is 0.0152. The van der Waals surface area contributed by atoms with E-state index in [1.807, 2.05) is 0 Å². The lowest BCUT2D eigenvalue weighted by Crippen LogP contribution is -2.21. The number of aromatic carboxylic acids is 1. The fourth-order valence-electron chi connectivity index (χ4n) is 1.91. The van der Waals surface area contributed by atoms with Crippen molar-refractivity contribution in [1.82, 2.24) is 0 Å². The summed E-state index contributed by atoms with van der Waals surface area (Å²) in [4.78, 5) is 23.1. The second-order valence-corrected chi connectivity index (χ2v) is 6.11. The summed E-state index contributed by atoms with van der Waals surface area (Å²) in [6.07, 6.45) is 0. The highest BCUT2D eigenvalue weighted by molar-refractivity contribution is 6.38. The molecule has 0 fully saturated rings. The second kappa shape index (κ2) is 7.75. The van der Waals surface area contributed by atoms with Gasteiger partial charge in [-0.25, -0.2) is 4.79 Å². The number of ether oxygens (including phenoxy) is 1. The number of benzene rings is 2. The van der Waals surface area contributed by atoms with E-state index in [9.17, 15) is 9.59 Å². The summed E-state index contributed by atoms with van der Waals surface area (Å²) in [5.74, 6) is -1.20. The van der Waals surface area contributed by atoms with Crippen LogP contribution in [0, 0.1) is 6.92 Å². The number of aryl methyl sites for hydroxylation is 1. The van der Waals surface area contributed by atoms with Gasteiger partial charge >= 0.3 is 5.97 Å². The molecule has 0 aliphatic heterocycles. The maximum Gasteiger partial charge on any atom is 0.337 e. The largest absolute Gasteiger partial charge is 0.483 e. The van der Waals surface area contributed by atoms with Gasteiger partial charge in [-0.05, 0) is 42.8 Å². The molecular formula is C16H12Cl3NO4. The SMILES string of the molecule is Cc1cc(Cl)ccc1OCC(=O)Nc1cc(C(=O)O)c(Cl)cc1Cl. The minimum Gasteiger partial charge on any atom is -0.483 e. The van der Waals surface area contributed by atoms with Crippen molar-refractivity contribution in [2.24, 2.45) is 0 Å². The van der Waals surface area contributed by atoms with Crippen molar-refractivity contribution in [3.8, 4) is 5.75 Å².